The molecule has 3 nitrogen and oxygen atoms in total. The summed E-state index contributed by atoms with van der Waals surface area (Å²) in [6.07, 6.45) is 1.69. The fourth-order valence-electron chi connectivity index (χ4n) is 1.63. The molecule has 0 aliphatic rings. The Labute approximate surface area is 122 Å². The van der Waals surface area contributed by atoms with Gasteiger partial charge in [-0.2, -0.15) is 0 Å². The second kappa shape index (κ2) is 6.24. The van der Waals surface area contributed by atoms with Crippen LogP contribution in [-0.2, 0) is 0 Å². The fraction of sp³-hybridized carbons (Fsp3) is 0.214. The van der Waals surface area contributed by atoms with Gasteiger partial charge < -0.3 is 10.1 Å². The van der Waals surface area contributed by atoms with E-state index in [0.29, 0.717) is 21.7 Å². The predicted octanol–water partition coefficient (Wildman–Crippen LogP) is 4.46. The molecule has 0 bridgehead atoms. The minimum atomic E-state index is 0.145. The number of nitrogens with one attached hydrogen (secondary N) is 1. The molecule has 1 heterocycles. The topological polar surface area (TPSA) is 34.2 Å². The van der Waals surface area contributed by atoms with E-state index < -0.39 is 0 Å². The van der Waals surface area contributed by atoms with E-state index in [2.05, 4.69) is 10.3 Å². The Morgan fingerprint density at radius 1 is 1.21 bits per heavy atom. The molecule has 1 aromatic carbocycles. The maximum absolute atomic E-state index is 5.96. The van der Waals surface area contributed by atoms with Crippen LogP contribution in [0.5, 0.6) is 11.6 Å². The van der Waals surface area contributed by atoms with Crippen molar-refractivity contribution in [1.82, 2.24) is 10.3 Å². The van der Waals surface area contributed by atoms with Gasteiger partial charge in [0.15, 0.2) is 0 Å². The van der Waals surface area contributed by atoms with Crippen molar-refractivity contribution in [2.24, 2.45) is 0 Å². The molecule has 5 heteroatoms. The maximum Gasteiger partial charge on any atom is 0.223 e. The van der Waals surface area contributed by atoms with E-state index in [-0.39, 0.29) is 6.04 Å². The van der Waals surface area contributed by atoms with Gasteiger partial charge in [0.05, 0.1) is 10.0 Å². The molecule has 100 valence electrons. The number of rotatable bonds is 4. The van der Waals surface area contributed by atoms with Crippen LogP contribution in [0.1, 0.15) is 18.5 Å². The standard InChI is InChI=1S/C14H14Cl2N2O/c1-9(17-2)11-4-3-7-18-14(11)19-10-5-6-12(15)13(16)8-10/h3-9,17H,1-2H3. The average Bonchev–Trinajstić information content (AvgIpc) is 2.43. The van der Waals surface area contributed by atoms with Crippen LogP contribution in [0, 0.1) is 0 Å². The highest BCUT2D eigenvalue weighted by Crippen LogP contribution is 2.31. The number of nitrogens with zero attached hydrogens (tertiary/aromatic N) is 1. The lowest BCUT2D eigenvalue weighted by Crippen LogP contribution is -2.13. The van der Waals surface area contributed by atoms with Crippen molar-refractivity contribution in [2.45, 2.75) is 13.0 Å². The molecule has 0 radical (unpaired) electrons. The zero-order chi connectivity index (χ0) is 13.8. The summed E-state index contributed by atoms with van der Waals surface area (Å²) in [4.78, 5) is 4.26. The normalized spacial score (nSPS) is 12.2. The number of hydrogen-bond donors (Lipinski definition) is 1. The zero-order valence-corrected chi connectivity index (χ0v) is 12.2. The third kappa shape index (κ3) is 3.38. The first-order valence-electron chi connectivity index (χ1n) is 5.87. The highest BCUT2D eigenvalue weighted by molar-refractivity contribution is 6.42. The molecule has 2 aromatic rings. The molecule has 0 saturated heterocycles. The van der Waals surface area contributed by atoms with Crippen LogP contribution in [0.15, 0.2) is 36.5 Å². The van der Waals surface area contributed by atoms with Crippen LogP contribution in [0.25, 0.3) is 0 Å². The van der Waals surface area contributed by atoms with Gasteiger partial charge in [-0.15, -0.1) is 0 Å². The SMILES string of the molecule is CNC(C)c1cccnc1Oc1ccc(Cl)c(Cl)c1. The van der Waals surface area contributed by atoms with E-state index in [9.17, 15) is 0 Å². The highest BCUT2D eigenvalue weighted by atomic mass is 35.5. The van der Waals surface area contributed by atoms with Gasteiger partial charge in [-0.3, -0.25) is 0 Å². The van der Waals surface area contributed by atoms with Gasteiger partial charge in [0.25, 0.3) is 0 Å². The molecular weight excluding hydrogens is 283 g/mol. The second-order valence-corrected chi connectivity index (χ2v) is 4.90. The monoisotopic (exact) mass is 296 g/mol. The second-order valence-electron chi connectivity index (χ2n) is 4.09. The molecule has 2 rings (SSSR count). The Morgan fingerprint density at radius 3 is 2.68 bits per heavy atom. The Bertz CT molecular complexity index is 575. The van der Waals surface area contributed by atoms with Crippen molar-refractivity contribution in [3.8, 4) is 11.6 Å². The smallest absolute Gasteiger partial charge is 0.223 e. The lowest BCUT2D eigenvalue weighted by atomic mass is 10.1. The summed E-state index contributed by atoms with van der Waals surface area (Å²) in [5, 5.41) is 4.12. The van der Waals surface area contributed by atoms with Crippen LogP contribution < -0.4 is 10.1 Å². The summed E-state index contributed by atoms with van der Waals surface area (Å²) < 4.78 is 5.77. The fourth-order valence-corrected chi connectivity index (χ4v) is 1.91. The van der Waals surface area contributed by atoms with Crippen LogP contribution in [-0.4, -0.2) is 12.0 Å². The van der Waals surface area contributed by atoms with Gasteiger partial charge in [-0.05, 0) is 32.2 Å². The van der Waals surface area contributed by atoms with Gasteiger partial charge in [-0.25, -0.2) is 4.98 Å². The summed E-state index contributed by atoms with van der Waals surface area (Å²) in [6, 6.07) is 9.13. The summed E-state index contributed by atoms with van der Waals surface area (Å²) in [7, 11) is 1.89. The summed E-state index contributed by atoms with van der Waals surface area (Å²) in [5.41, 5.74) is 0.982. The van der Waals surface area contributed by atoms with Crippen molar-refractivity contribution in [3.63, 3.8) is 0 Å². The molecule has 1 N–H and O–H groups in total. The van der Waals surface area contributed by atoms with E-state index in [1.165, 1.54) is 0 Å². The van der Waals surface area contributed by atoms with Crippen LogP contribution in [0.2, 0.25) is 10.0 Å². The van der Waals surface area contributed by atoms with Crippen LogP contribution in [0.3, 0.4) is 0 Å². The highest BCUT2D eigenvalue weighted by Gasteiger charge is 2.12. The van der Waals surface area contributed by atoms with E-state index in [0.717, 1.165) is 5.56 Å². The van der Waals surface area contributed by atoms with Gasteiger partial charge in [0.1, 0.15) is 5.75 Å². The first-order chi connectivity index (χ1) is 9.11. The molecule has 0 aliphatic carbocycles. The van der Waals surface area contributed by atoms with Gasteiger partial charge in [-0.1, -0.05) is 29.3 Å². The first-order valence-corrected chi connectivity index (χ1v) is 6.62. The van der Waals surface area contributed by atoms with Crippen molar-refractivity contribution >= 4 is 23.2 Å². The number of halogens is 2. The number of pyridine rings is 1. The van der Waals surface area contributed by atoms with E-state index >= 15 is 0 Å². The Hall–Kier alpha value is -1.29. The summed E-state index contributed by atoms with van der Waals surface area (Å²) in [6.45, 7) is 2.04. The van der Waals surface area contributed by atoms with Gasteiger partial charge in [0.2, 0.25) is 5.88 Å². The number of ether oxygens (including phenoxy) is 1. The molecule has 0 spiro atoms. The lowest BCUT2D eigenvalue weighted by Gasteiger charge is -2.15. The van der Waals surface area contributed by atoms with Gasteiger partial charge in [0, 0.05) is 23.9 Å². The Balaban J connectivity index is 2.30. The van der Waals surface area contributed by atoms with Crippen molar-refractivity contribution in [3.05, 3.63) is 52.1 Å². The minimum Gasteiger partial charge on any atom is -0.439 e. The molecule has 0 fully saturated rings. The number of hydrogen-bond acceptors (Lipinski definition) is 3. The van der Waals surface area contributed by atoms with Crippen LogP contribution >= 0.6 is 23.2 Å². The molecular formula is C14H14Cl2N2O. The summed E-state index contributed by atoms with van der Waals surface area (Å²) in [5.74, 6) is 1.17. The molecule has 1 atom stereocenters. The Morgan fingerprint density at radius 2 is 2.00 bits per heavy atom. The summed E-state index contributed by atoms with van der Waals surface area (Å²) >= 11 is 11.8. The number of benzene rings is 1. The third-order valence-electron chi connectivity index (χ3n) is 2.81. The first kappa shape index (κ1) is 14.1. The van der Waals surface area contributed by atoms with E-state index in [1.54, 1.807) is 24.4 Å². The van der Waals surface area contributed by atoms with Crippen molar-refractivity contribution in [1.29, 1.82) is 0 Å². The molecule has 1 unspecified atom stereocenters. The molecule has 0 saturated carbocycles. The quantitative estimate of drug-likeness (QED) is 0.904. The molecule has 0 aliphatic heterocycles. The Kier molecular flexibility index (Phi) is 4.64. The molecule has 19 heavy (non-hydrogen) atoms. The largest absolute Gasteiger partial charge is 0.439 e. The zero-order valence-electron chi connectivity index (χ0n) is 10.7. The average molecular weight is 297 g/mol. The molecule has 1 aromatic heterocycles. The van der Waals surface area contributed by atoms with Crippen molar-refractivity contribution < 1.29 is 4.74 Å². The minimum absolute atomic E-state index is 0.145. The van der Waals surface area contributed by atoms with Crippen LogP contribution in [0.4, 0.5) is 0 Å². The van der Waals surface area contributed by atoms with E-state index in [4.69, 9.17) is 27.9 Å². The lowest BCUT2D eigenvalue weighted by molar-refractivity contribution is 0.447. The predicted molar refractivity (Wildman–Crippen MR) is 78.2 cm³/mol. The maximum atomic E-state index is 5.96. The van der Waals surface area contributed by atoms with E-state index in [1.807, 2.05) is 26.1 Å². The number of aromatic nitrogens is 1. The van der Waals surface area contributed by atoms with Gasteiger partial charge >= 0.3 is 0 Å². The van der Waals surface area contributed by atoms with Crippen molar-refractivity contribution in [2.75, 3.05) is 7.05 Å². The third-order valence-corrected chi connectivity index (χ3v) is 3.54. The molecule has 0 amide bonds.